The van der Waals surface area contributed by atoms with Crippen molar-refractivity contribution in [2.45, 2.75) is 31.7 Å². The highest BCUT2D eigenvalue weighted by Crippen LogP contribution is 2.22. The third kappa shape index (κ3) is 5.23. The van der Waals surface area contributed by atoms with E-state index in [0.717, 1.165) is 30.0 Å². The van der Waals surface area contributed by atoms with E-state index in [1.165, 1.54) is 25.7 Å². The fourth-order valence-corrected chi connectivity index (χ4v) is 2.68. The number of hydrogen-bond acceptors (Lipinski definition) is 3. The monoisotopic (exact) mass is 289 g/mol. The summed E-state index contributed by atoms with van der Waals surface area (Å²) in [7, 11) is 2.17. The number of carboxylic acid groups (broad SMARTS) is 1. The molecule has 1 aliphatic rings. The van der Waals surface area contributed by atoms with E-state index < -0.39 is 5.97 Å². The first-order chi connectivity index (χ1) is 10.1. The molecular formula is C17H23NO3. The Kier molecular flexibility index (Phi) is 5.81. The lowest BCUT2D eigenvalue weighted by Crippen LogP contribution is -2.32. The molecule has 0 radical (unpaired) electrons. The average molecular weight is 289 g/mol. The van der Waals surface area contributed by atoms with E-state index in [1.807, 2.05) is 24.3 Å². The summed E-state index contributed by atoms with van der Waals surface area (Å²) >= 11 is 0. The second-order valence-corrected chi connectivity index (χ2v) is 5.51. The predicted molar refractivity (Wildman–Crippen MR) is 83.5 cm³/mol. The molecule has 0 unspecified atom stereocenters. The lowest BCUT2D eigenvalue weighted by molar-refractivity contribution is -0.131. The van der Waals surface area contributed by atoms with Crippen LogP contribution in [-0.4, -0.2) is 42.2 Å². The van der Waals surface area contributed by atoms with Crippen molar-refractivity contribution in [1.82, 2.24) is 4.90 Å². The molecule has 1 fully saturated rings. The molecule has 1 aromatic carbocycles. The first kappa shape index (κ1) is 15.6. The van der Waals surface area contributed by atoms with Crippen LogP contribution >= 0.6 is 0 Å². The fourth-order valence-electron chi connectivity index (χ4n) is 2.68. The van der Waals surface area contributed by atoms with Crippen LogP contribution in [0.25, 0.3) is 6.08 Å². The van der Waals surface area contributed by atoms with Crippen molar-refractivity contribution in [3.05, 3.63) is 35.9 Å². The van der Waals surface area contributed by atoms with Crippen LogP contribution in [0, 0.1) is 0 Å². The van der Waals surface area contributed by atoms with Crippen molar-refractivity contribution in [2.24, 2.45) is 0 Å². The lowest BCUT2D eigenvalue weighted by atomic mass is 10.2. The summed E-state index contributed by atoms with van der Waals surface area (Å²) in [5.41, 5.74) is 0.854. The molecule has 0 aliphatic heterocycles. The molecule has 0 bridgehead atoms. The standard InChI is InChI=1S/C17H23NO3/c1-18(15-4-2-3-5-15)12-13-21-16-9-6-14(7-10-16)8-11-17(19)20/h6-11,15H,2-5,12-13H2,1H3,(H,19,20). The van der Waals surface area contributed by atoms with Crippen LogP contribution in [0.1, 0.15) is 31.2 Å². The molecule has 2 rings (SSSR count). The van der Waals surface area contributed by atoms with E-state index in [2.05, 4.69) is 11.9 Å². The zero-order chi connectivity index (χ0) is 15.1. The number of ether oxygens (including phenoxy) is 1. The highest BCUT2D eigenvalue weighted by molar-refractivity contribution is 5.85. The third-order valence-corrected chi connectivity index (χ3v) is 3.96. The largest absolute Gasteiger partial charge is 0.492 e. The SMILES string of the molecule is CN(CCOc1ccc(C=CC(=O)O)cc1)C1CCCC1. The van der Waals surface area contributed by atoms with Crippen LogP contribution in [0.15, 0.2) is 30.3 Å². The van der Waals surface area contributed by atoms with Gasteiger partial charge < -0.3 is 14.7 Å². The van der Waals surface area contributed by atoms with E-state index in [4.69, 9.17) is 9.84 Å². The van der Waals surface area contributed by atoms with Gasteiger partial charge in [-0.1, -0.05) is 25.0 Å². The Morgan fingerprint density at radius 3 is 2.62 bits per heavy atom. The summed E-state index contributed by atoms with van der Waals surface area (Å²) in [6.07, 6.45) is 8.01. The molecular weight excluding hydrogens is 266 g/mol. The summed E-state index contributed by atoms with van der Waals surface area (Å²) in [5.74, 6) is -0.118. The summed E-state index contributed by atoms with van der Waals surface area (Å²) in [5, 5.41) is 8.57. The second-order valence-electron chi connectivity index (χ2n) is 5.51. The summed E-state index contributed by atoms with van der Waals surface area (Å²) in [4.78, 5) is 12.8. The molecule has 0 heterocycles. The highest BCUT2D eigenvalue weighted by atomic mass is 16.5. The van der Waals surface area contributed by atoms with Crippen molar-refractivity contribution in [1.29, 1.82) is 0 Å². The Bertz CT molecular complexity index is 475. The zero-order valence-corrected chi connectivity index (χ0v) is 12.5. The molecule has 0 atom stereocenters. The van der Waals surface area contributed by atoms with Gasteiger partial charge in [-0.25, -0.2) is 4.79 Å². The molecule has 1 saturated carbocycles. The van der Waals surface area contributed by atoms with Gasteiger partial charge >= 0.3 is 5.97 Å². The maximum Gasteiger partial charge on any atom is 0.328 e. The Labute approximate surface area is 126 Å². The number of carbonyl (C=O) groups is 1. The summed E-state index contributed by atoms with van der Waals surface area (Å²) < 4.78 is 5.73. The molecule has 4 heteroatoms. The van der Waals surface area contributed by atoms with Crippen LogP contribution in [-0.2, 0) is 4.79 Å². The van der Waals surface area contributed by atoms with E-state index in [0.29, 0.717) is 6.61 Å². The van der Waals surface area contributed by atoms with Crippen molar-refractivity contribution >= 4 is 12.0 Å². The van der Waals surface area contributed by atoms with Gasteiger partial charge in [-0.05, 0) is 43.7 Å². The van der Waals surface area contributed by atoms with E-state index in [1.54, 1.807) is 6.08 Å². The van der Waals surface area contributed by atoms with Crippen LogP contribution in [0.4, 0.5) is 0 Å². The molecule has 1 N–H and O–H groups in total. The Morgan fingerprint density at radius 1 is 1.33 bits per heavy atom. The lowest BCUT2D eigenvalue weighted by Gasteiger charge is -2.23. The van der Waals surface area contributed by atoms with E-state index >= 15 is 0 Å². The molecule has 114 valence electrons. The number of carboxylic acids is 1. The van der Waals surface area contributed by atoms with Crippen LogP contribution in [0.3, 0.4) is 0 Å². The molecule has 4 nitrogen and oxygen atoms in total. The normalized spacial score (nSPS) is 15.9. The predicted octanol–water partition coefficient (Wildman–Crippen LogP) is 3.04. The van der Waals surface area contributed by atoms with Crippen molar-refractivity contribution in [2.75, 3.05) is 20.2 Å². The minimum Gasteiger partial charge on any atom is -0.492 e. The van der Waals surface area contributed by atoms with Gasteiger partial charge in [0, 0.05) is 18.7 Å². The van der Waals surface area contributed by atoms with Gasteiger partial charge in [-0.2, -0.15) is 0 Å². The summed E-state index contributed by atoms with van der Waals surface area (Å²) in [6.45, 7) is 1.61. The maximum absolute atomic E-state index is 10.4. The van der Waals surface area contributed by atoms with Gasteiger partial charge in [0.1, 0.15) is 12.4 Å². The van der Waals surface area contributed by atoms with Gasteiger partial charge in [0.05, 0.1) is 0 Å². The van der Waals surface area contributed by atoms with Gasteiger partial charge in [-0.15, -0.1) is 0 Å². The first-order valence-corrected chi connectivity index (χ1v) is 7.49. The number of aliphatic carboxylic acids is 1. The Balaban J connectivity index is 1.74. The number of rotatable bonds is 7. The van der Waals surface area contributed by atoms with Crippen molar-refractivity contribution < 1.29 is 14.6 Å². The number of hydrogen-bond donors (Lipinski definition) is 1. The van der Waals surface area contributed by atoms with Gasteiger partial charge in [-0.3, -0.25) is 0 Å². The Morgan fingerprint density at radius 2 is 2.00 bits per heavy atom. The second kappa shape index (κ2) is 7.84. The minimum absolute atomic E-state index is 0.678. The number of likely N-dealkylation sites (N-methyl/N-ethyl adjacent to an activating group) is 1. The third-order valence-electron chi connectivity index (χ3n) is 3.96. The zero-order valence-electron chi connectivity index (χ0n) is 12.5. The molecule has 1 aromatic rings. The first-order valence-electron chi connectivity index (χ1n) is 7.49. The smallest absolute Gasteiger partial charge is 0.328 e. The molecule has 0 spiro atoms. The quantitative estimate of drug-likeness (QED) is 0.784. The van der Waals surface area contributed by atoms with E-state index in [9.17, 15) is 4.79 Å². The molecule has 0 saturated heterocycles. The minimum atomic E-state index is -0.940. The average Bonchev–Trinajstić information content (AvgIpc) is 3.00. The van der Waals surface area contributed by atoms with E-state index in [-0.39, 0.29) is 0 Å². The van der Waals surface area contributed by atoms with Crippen LogP contribution in [0.2, 0.25) is 0 Å². The van der Waals surface area contributed by atoms with Crippen LogP contribution in [0.5, 0.6) is 5.75 Å². The van der Waals surface area contributed by atoms with Crippen LogP contribution < -0.4 is 4.74 Å². The van der Waals surface area contributed by atoms with Crippen molar-refractivity contribution in [3.8, 4) is 5.75 Å². The highest BCUT2D eigenvalue weighted by Gasteiger charge is 2.18. The van der Waals surface area contributed by atoms with Gasteiger partial charge in [0.2, 0.25) is 0 Å². The van der Waals surface area contributed by atoms with Crippen molar-refractivity contribution in [3.63, 3.8) is 0 Å². The number of nitrogens with zero attached hydrogens (tertiary/aromatic N) is 1. The molecule has 1 aliphatic carbocycles. The molecule has 21 heavy (non-hydrogen) atoms. The Hall–Kier alpha value is -1.81. The maximum atomic E-state index is 10.4. The molecule has 0 amide bonds. The molecule has 0 aromatic heterocycles. The van der Waals surface area contributed by atoms with Gasteiger partial charge in [0.15, 0.2) is 0 Å². The van der Waals surface area contributed by atoms with Gasteiger partial charge in [0.25, 0.3) is 0 Å². The topological polar surface area (TPSA) is 49.8 Å². The summed E-state index contributed by atoms with van der Waals surface area (Å²) in [6, 6.07) is 8.18. The number of benzene rings is 1. The fraction of sp³-hybridized carbons (Fsp3) is 0.471.